The van der Waals surface area contributed by atoms with Gasteiger partial charge in [0.25, 0.3) is 0 Å². The van der Waals surface area contributed by atoms with Gasteiger partial charge in [-0.05, 0) is 12.1 Å². The molecule has 3 nitrogen and oxygen atoms in total. The molecule has 0 bridgehead atoms. The van der Waals surface area contributed by atoms with Crippen LogP contribution in [0.5, 0.6) is 0 Å². The Morgan fingerprint density at radius 1 is 1.11 bits per heavy atom. The summed E-state index contributed by atoms with van der Waals surface area (Å²) in [6.07, 6.45) is -4.51. The van der Waals surface area contributed by atoms with E-state index in [1.165, 1.54) is 6.07 Å². The molecule has 1 aromatic rings. The Morgan fingerprint density at radius 3 is 2.26 bits per heavy atom. The van der Waals surface area contributed by atoms with E-state index in [0.717, 1.165) is 6.07 Å². The number of halogens is 4. The number of hydrogen-bond acceptors (Lipinski definition) is 3. The van der Waals surface area contributed by atoms with E-state index >= 15 is 0 Å². The Kier molecular flexibility index (Phi) is 4.07. The van der Waals surface area contributed by atoms with Crippen molar-refractivity contribution < 1.29 is 17.6 Å². The van der Waals surface area contributed by atoms with E-state index in [-0.39, 0.29) is 5.56 Å². The maximum Gasteiger partial charge on any atom is 0.416 e. The molecule has 0 amide bonds. The van der Waals surface area contributed by atoms with Gasteiger partial charge in [0.15, 0.2) is 0 Å². The molecule has 0 aromatic heterocycles. The summed E-state index contributed by atoms with van der Waals surface area (Å²) < 4.78 is 50.9. The van der Waals surface area contributed by atoms with Crippen LogP contribution in [0, 0.1) is 5.82 Å². The minimum Gasteiger partial charge on any atom is -0.296 e. The fourth-order valence-corrected chi connectivity index (χ4v) is 2.01. The van der Waals surface area contributed by atoms with Crippen LogP contribution in [0.4, 0.5) is 17.6 Å². The molecule has 7 heteroatoms. The van der Waals surface area contributed by atoms with Crippen molar-refractivity contribution in [2.45, 2.75) is 12.7 Å². The topological polar surface area (TPSA) is 32.5 Å². The van der Waals surface area contributed by atoms with Crippen molar-refractivity contribution >= 4 is 0 Å². The van der Waals surface area contributed by atoms with Crippen LogP contribution in [-0.4, -0.2) is 36.1 Å². The molecule has 2 rings (SSSR count). The number of piperazine rings is 1. The van der Waals surface area contributed by atoms with E-state index in [9.17, 15) is 17.6 Å². The van der Waals surface area contributed by atoms with Crippen LogP contribution in [0.3, 0.4) is 0 Å². The Hall–Kier alpha value is -1.18. The lowest BCUT2D eigenvalue weighted by Gasteiger charge is -2.32. The van der Waals surface area contributed by atoms with Gasteiger partial charge in [0.1, 0.15) is 5.82 Å². The lowest BCUT2D eigenvalue weighted by molar-refractivity contribution is -0.137. The minimum absolute atomic E-state index is 0.276. The summed E-state index contributed by atoms with van der Waals surface area (Å²) in [5.41, 5.74) is -0.681. The average Bonchev–Trinajstić information content (AvgIpc) is 2.33. The Balaban J connectivity index is 2.05. The Morgan fingerprint density at radius 2 is 1.74 bits per heavy atom. The molecular formula is C12H15F4N3. The average molecular weight is 277 g/mol. The zero-order chi connectivity index (χ0) is 14.0. The SMILES string of the molecule is NN1CCN(Cc2ccc(C(F)(F)F)cc2F)CC1. The van der Waals surface area contributed by atoms with E-state index in [2.05, 4.69) is 0 Å². The molecular weight excluding hydrogens is 262 g/mol. The van der Waals surface area contributed by atoms with Gasteiger partial charge in [-0.2, -0.15) is 13.2 Å². The van der Waals surface area contributed by atoms with E-state index in [1.807, 2.05) is 4.90 Å². The van der Waals surface area contributed by atoms with Gasteiger partial charge in [0.2, 0.25) is 0 Å². The molecule has 0 atom stereocenters. The maximum atomic E-state index is 13.7. The summed E-state index contributed by atoms with van der Waals surface area (Å²) in [5.74, 6) is 4.78. The molecule has 1 aliphatic rings. The van der Waals surface area contributed by atoms with Gasteiger partial charge < -0.3 is 0 Å². The zero-order valence-electron chi connectivity index (χ0n) is 10.3. The standard InChI is InChI=1S/C12H15F4N3/c13-11-7-10(12(14,15)16)2-1-9(11)8-18-3-5-19(17)6-4-18/h1-2,7H,3-6,8,17H2. The molecule has 1 fully saturated rings. The van der Waals surface area contributed by atoms with Gasteiger partial charge in [0.05, 0.1) is 5.56 Å². The number of rotatable bonds is 2. The van der Waals surface area contributed by atoms with Crippen molar-refractivity contribution in [2.75, 3.05) is 26.2 Å². The van der Waals surface area contributed by atoms with E-state index in [4.69, 9.17) is 5.84 Å². The molecule has 0 unspecified atom stereocenters. The van der Waals surface area contributed by atoms with Crippen molar-refractivity contribution in [2.24, 2.45) is 5.84 Å². The third-order valence-corrected chi connectivity index (χ3v) is 3.18. The molecule has 0 saturated carbocycles. The summed E-state index contributed by atoms with van der Waals surface area (Å²) in [6.45, 7) is 3.00. The highest BCUT2D eigenvalue weighted by Gasteiger charge is 2.31. The van der Waals surface area contributed by atoms with Crippen LogP contribution in [0.2, 0.25) is 0 Å². The van der Waals surface area contributed by atoms with Crippen molar-refractivity contribution in [3.05, 3.63) is 35.1 Å². The molecule has 0 spiro atoms. The summed E-state index contributed by atoms with van der Waals surface area (Å²) in [5, 5.41) is 1.67. The first kappa shape index (κ1) is 14.2. The monoisotopic (exact) mass is 277 g/mol. The molecule has 2 N–H and O–H groups in total. The van der Waals surface area contributed by atoms with Crippen molar-refractivity contribution in [1.82, 2.24) is 9.91 Å². The third kappa shape index (κ3) is 3.65. The fraction of sp³-hybridized carbons (Fsp3) is 0.500. The molecule has 1 aliphatic heterocycles. The van der Waals surface area contributed by atoms with Crippen molar-refractivity contribution in [1.29, 1.82) is 0 Å². The second-order valence-corrected chi connectivity index (χ2v) is 4.62. The van der Waals surface area contributed by atoms with E-state index < -0.39 is 17.6 Å². The van der Waals surface area contributed by atoms with Gasteiger partial charge >= 0.3 is 6.18 Å². The number of nitrogens with zero attached hydrogens (tertiary/aromatic N) is 2. The minimum atomic E-state index is -4.51. The normalized spacial score (nSPS) is 18.8. The van der Waals surface area contributed by atoms with Crippen LogP contribution in [-0.2, 0) is 12.7 Å². The highest BCUT2D eigenvalue weighted by atomic mass is 19.4. The first-order chi connectivity index (χ1) is 8.86. The predicted octanol–water partition coefficient (Wildman–Crippen LogP) is 1.84. The van der Waals surface area contributed by atoms with Crippen LogP contribution in [0.25, 0.3) is 0 Å². The number of hydrazine groups is 1. The maximum absolute atomic E-state index is 13.7. The molecule has 1 aromatic carbocycles. The molecule has 0 radical (unpaired) electrons. The highest BCUT2D eigenvalue weighted by Crippen LogP contribution is 2.30. The first-order valence-corrected chi connectivity index (χ1v) is 5.94. The first-order valence-electron chi connectivity index (χ1n) is 5.94. The lowest BCUT2D eigenvalue weighted by Crippen LogP contribution is -2.48. The highest BCUT2D eigenvalue weighted by molar-refractivity contribution is 5.26. The second kappa shape index (κ2) is 5.44. The van der Waals surface area contributed by atoms with Gasteiger partial charge in [0, 0.05) is 38.3 Å². The number of benzene rings is 1. The molecule has 106 valence electrons. The largest absolute Gasteiger partial charge is 0.416 e. The molecule has 0 aliphatic carbocycles. The quantitative estimate of drug-likeness (QED) is 0.661. The van der Waals surface area contributed by atoms with E-state index in [1.54, 1.807) is 5.01 Å². The Labute approximate surface area is 108 Å². The Bertz CT molecular complexity index is 439. The van der Waals surface area contributed by atoms with Crippen molar-refractivity contribution in [3.63, 3.8) is 0 Å². The molecule has 19 heavy (non-hydrogen) atoms. The second-order valence-electron chi connectivity index (χ2n) is 4.62. The fourth-order valence-electron chi connectivity index (χ4n) is 2.01. The van der Waals surface area contributed by atoms with Gasteiger partial charge in [-0.25, -0.2) is 9.40 Å². The van der Waals surface area contributed by atoms with Gasteiger partial charge in [-0.1, -0.05) is 6.07 Å². The third-order valence-electron chi connectivity index (χ3n) is 3.18. The van der Waals surface area contributed by atoms with Crippen LogP contribution < -0.4 is 5.84 Å². The summed E-state index contributed by atoms with van der Waals surface area (Å²) in [6, 6.07) is 2.67. The summed E-state index contributed by atoms with van der Waals surface area (Å²) >= 11 is 0. The number of hydrogen-bond donors (Lipinski definition) is 1. The van der Waals surface area contributed by atoms with Crippen LogP contribution >= 0.6 is 0 Å². The number of alkyl halides is 3. The molecule has 1 heterocycles. The van der Waals surface area contributed by atoms with Gasteiger partial charge in [-0.15, -0.1) is 0 Å². The summed E-state index contributed by atoms with van der Waals surface area (Å²) in [4.78, 5) is 1.97. The zero-order valence-corrected chi connectivity index (χ0v) is 10.3. The lowest BCUT2D eigenvalue weighted by atomic mass is 10.1. The predicted molar refractivity (Wildman–Crippen MR) is 62.4 cm³/mol. The van der Waals surface area contributed by atoms with Crippen molar-refractivity contribution in [3.8, 4) is 0 Å². The van der Waals surface area contributed by atoms with Crippen LogP contribution in [0.15, 0.2) is 18.2 Å². The molecule has 1 saturated heterocycles. The van der Waals surface area contributed by atoms with Gasteiger partial charge in [-0.3, -0.25) is 10.7 Å². The number of nitrogens with two attached hydrogens (primary N) is 1. The van der Waals surface area contributed by atoms with E-state index in [0.29, 0.717) is 38.8 Å². The van der Waals surface area contributed by atoms with Crippen LogP contribution in [0.1, 0.15) is 11.1 Å². The summed E-state index contributed by atoms with van der Waals surface area (Å²) in [7, 11) is 0. The smallest absolute Gasteiger partial charge is 0.296 e.